The average Bonchev–Trinajstić information content (AvgIpc) is 2.40. The van der Waals surface area contributed by atoms with E-state index in [2.05, 4.69) is 15.6 Å². The fraction of sp³-hybridized carbons (Fsp3) is 0.538. The molecule has 1 aliphatic rings. The first-order valence-electron chi connectivity index (χ1n) is 6.18. The molecule has 2 N–H and O–H groups in total. The first kappa shape index (κ1) is 12.0. The van der Waals surface area contributed by atoms with Crippen LogP contribution >= 0.6 is 0 Å². The SMILES string of the molecule is CC(NC(=O)[C@H]1CCCNC1)c1ccncc1. The summed E-state index contributed by atoms with van der Waals surface area (Å²) in [5.74, 6) is 0.273. The van der Waals surface area contributed by atoms with Gasteiger partial charge < -0.3 is 10.6 Å². The molecule has 4 nitrogen and oxygen atoms in total. The molecule has 0 spiro atoms. The Morgan fingerprint density at radius 1 is 1.53 bits per heavy atom. The molecule has 0 aliphatic carbocycles. The molecule has 17 heavy (non-hydrogen) atoms. The van der Waals surface area contributed by atoms with E-state index < -0.39 is 0 Å². The summed E-state index contributed by atoms with van der Waals surface area (Å²) in [6, 6.07) is 3.92. The number of rotatable bonds is 3. The number of pyridine rings is 1. The second kappa shape index (κ2) is 5.77. The van der Waals surface area contributed by atoms with Gasteiger partial charge in [-0.1, -0.05) is 0 Å². The van der Waals surface area contributed by atoms with Gasteiger partial charge in [0.15, 0.2) is 0 Å². The van der Waals surface area contributed by atoms with Crippen molar-refractivity contribution in [1.82, 2.24) is 15.6 Å². The molecule has 4 heteroatoms. The van der Waals surface area contributed by atoms with Crippen molar-refractivity contribution in [2.45, 2.75) is 25.8 Å². The summed E-state index contributed by atoms with van der Waals surface area (Å²) in [4.78, 5) is 16.0. The van der Waals surface area contributed by atoms with Gasteiger partial charge in [0.2, 0.25) is 5.91 Å². The second-order valence-electron chi connectivity index (χ2n) is 4.55. The minimum atomic E-state index is 0.0485. The van der Waals surface area contributed by atoms with Gasteiger partial charge in [-0.2, -0.15) is 0 Å². The molecule has 0 saturated carbocycles. The Morgan fingerprint density at radius 3 is 2.94 bits per heavy atom. The number of nitrogens with one attached hydrogen (secondary N) is 2. The lowest BCUT2D eigenvalue weighted by atomic mass is 9.98. The van der Waals surface area contributed by atoms with Crippen LogP contribution in [0.2, 0.25) is 0 Å². The van der Waals surface area contributed by atoms with E-state index in [9.17, 15) is 4.79 Å². The second-order valence-corrected chi connectivity index (χ2v) is 4.55. The first-order chi connectivity index (χ1) is 8.27. The van der Waals surface area contributed by atoms with Gasteiger partial charge in [-0.15, -0.1) is 0 Å². The summed E-state index contributed by atoms with van der Waals surface area (Å²) in [5.41, 5.74) is 1.09. The molecule has 92 valence electrons. The molecule has 2 rings (SSSR count). The Morgan fingerprint density at radius 2 is 2.29 bits per heavy atom. The van der Waals surface area contributed by atoms with Gasteiger partial charge in [-0.3, -0.25) is 9.78 Å². The third kappa shape index (κ3) is 3.27. The Labute approximate surface area is 102 Å². The van der Waals surface area contributed by atoms with Crippen molar-refractivity contribution in [3.05, 3.63) is 30.1 Å². The van der Waals surface area contributed by atoms with E-state index in [1.165, 1.54) is 0 Å². The van der Waals surface area contributed by atoms with Crippen LogP contribution in [0, 0.1) is 5.92 Å². The summed E-state index contributed by atoms with van der Waals surface area (Å²) in [5, 5.41) is 6.32. The molecule has 2 heterocycles. The van der Waals surface area contributed by atoms with Crippen LogP contribution in [-0.4, -0.2) is 24.0 Å². The van der Waals surface area contributed by atoms with E-state index in [1.54, 1.807) is 12.4 Å². The summed E-state index contributed by atoms with van der Waals surface area (Å²) in [6.45, 7) is 3.84. The minimum Gasteiger partial charge on any atom is -0.349 e. The molecule has 1 amide bonds. The third-order valence-corrected chi connectivity index (χ3v) is 3.23. The van der Waals surface area contributed by atoms with Crippen molar-refractivity contribution >= 4 is 5.91 Å². The Hall–Kier alpha value is -1.42. The number of carbonyl (C=O) groups excluding carboxylic acids is 1. The summed E-state index contributed by atoms with van der Waals surface area (Å²) in [7, 11) is 0. The van der Waals surface area contributed by atoms with E-state index >= 15 is 0 Å². The topological polar surface area (TPSA) is 54.0 Å². The van der Waals surface area contributed by atoms with Crippen LogP contribution in [0.5, 0.6) is 0 Å². The zero-order valence-electron chi connectivity index (χ0n) is 10.1. The summed E-state index contributed by atoms with van der Waals surface area (Å²) in [6.07, 6.45) is 5.57. The molecule has 1 saturated heterocycles. The molecule has 1 aliphatic heterocycles. The molecule has 1 aromatic rings. The maximum atomic E-state index is 12.0. The quantitative estimate of drug-likeness (QED) is 0.826. The lowest BCUT2D eigenvalue weighted by Gasteiger charge is -2.24. The summed E-state index contributed by atoms with van der Waals surface area (Å²) >= 11 is 0. The molecule has 1 aromatic heterocycles. The molecule has 1 unspecified atom stereocenters. The fourth-order valence-corrected chi connectivity index (χ4v) is 2.14. The molecule has 0 radical (unpaired) electrons. The van der Waals surface area contributed by atoms with Gasteiger partial charge in [0.25, 0.3) is 0 Å². The van der Waals surface area contributed by atoms with Crippen LogP contribution < -0.4 is 10.6 Å². The van der Waals surface area contributed by atoms with E-state index in [0.29, 0.717) is 0 Å². The van der Waals surface area contributed by atoms with Crippen molar-refractivity contribution < 1.29 is 4.79 Å². The largest absolute Gasteiger partial charge is 0.349 e. The van der Waals surface area contributed by atoms with E-state index in [0.717, 1.165) is 31.5 Å². The number of hydrogen-bond acceptors (Lipinski definition) is 3. The Balaban J connectivity index is 1.89. The summed E-state index contributed by atoms with van der Waals surface area (Å²) < 4.78 is 0. The van der Waals surface area contributed by atoms with E-state index in [-0.39, 0.29) is 17.9 Å². The average molecular weight is 233 g/mol. The van der Waals surface area contributed by atoms with Gasteiger partial charge in [-0.25, -0.2) is 0 Å². The van der Waals surface area contributed by atoms with Crippen molar-refractivity contribution in [2.24, 2.45) is 5.92 Å². The lowest BCUT2D eigenvalue weighted by molar-refractivity contribution is -0.126. The van der Waals surface area contributed by atoms with Gasteiger partial charge in [-0.05, 0) is 44.0 Å². The number of piperidine rings is 1. The molecule has 0 bridgehead atoms. The third-order valence-electron chi connectivity index (χ3n) is 3.23. The normalized spacial score (nSPS) is 21.8. The lowest BCUT2D eigenvalue weighted by Crippen LogP contribution is -2.41. The van der Waals surface area contributed by atoms with Crippen LogP contribution in [0.15, 0.2) is 24.5 Å². The van der Waals surface area contributed by atoms with Gasteiger partial charge in [0, 0.05) is 18.9 Å². The van der Waals surface area contributed by atoms with Crippen LogP contribution in [0.3, 0.4) is 0 Å². The van der Waals surface area contributed by atoms with Crippen LogP contribution in [0.1, 0.15) is 31.4 Å². The van der Waals surface area contributed by atoms with E-state index in [4.69, 9.17) is 0 Å². The van der Waals surface area contributed by atoms with Crippen molar-refractivity contribution in [1.29, 1.82) is 0 Å². The molecular weight excluding hydrogens is 214 g/mol. The smallest absolute Gasteiger partial charge is 0.224 e. The first-order valence-corrected chi connectivity index (χ1v) is 6.18. The molecule has 0 aromatic carbocycles. The van der Waals surface area contributed by atoms with Crippen molar-refractivity contribution in [3.8, 4) is 0 Å². The van der Waals surface area contributed by atoms with Crippen molar-refractivity contribution in [2.75, 3.05) is 13.1 Å². The number of hydrogen-bond donors (Lipinski definition) is 2. The maximum Gasteiger partial charge on any atom is 0.224 e. The highest BCUT2D eigenvalue weighted by Gasteiger charge is 2.22. The number of nitrogens with zero attached hydrogens (tertiary/aromatic N) is 1. The van der Waals surface area contributed by atoms with Gasteiger partial charge >= 0.3 is 0 Å². The maximum absolute atomic E-state index is 12.0. The Kier molecular flexibility index (Phi) is 4.09. The highest BCUT2D eigenvalue weighted by atomic mass is 16.1. The van der Waals surface area contributed by atoms with Crippen LogP contribution in [0.25, 0.3) is 0 Å². The fourth-order valence-electron chi connectivity index (χ4n) is 2.14. The minimum absolute atomic E-state index is 0.0485. The van der Waals surface area contributed by atoms with Crippen molar-refractivity contribution in [3.63, 3.8) is 0 Å². The predicted octanol–water partition coefficient (Wildman–Crippen LogP) is 1.26. The molecule has 2 atom stereocenters. The zero-order chi connectivity index (χ0) is 12.1. The number of carbonyl (C=O) groups is 1. The van der Waals surface area contributed by atoms with E-state index in [1.807, 2.05) is 19.1 Å². The monoisotopic (exact) mass is 233 g/mol. The van der Waals surface area contributed by atoms with Crippen LogP contribution in [-0.2, 0) is 4.79 Å². The highest BCUT2D eigenvalue weighted by Crippen LogP contribution is 2.14. The molecule has 1 fully saturated rings. The molecular formula is C13H19N3O. The highest BCUT2D eigenvalue weighted by molar-refractivity contribution is 5.79. The standard InChI is InChI=1S/C13H19N3O/c1-10(11-4-7-14-8-5-11)16-13(17)12-3-2-6-15-9-12/h4-5,7-8,10,12,15H,2-3,6,9H2,1H3,(H,16,17)/t10?,12-/m0/s1. The number of aromatic nitrogens is 1. The Bertz CT molecular complexity index is 360. The van der Waals surface area contributed by atoms with Crippen LogP contribution in [0.4, 0.5) is 0 Å². The zero-order valence-corrected chi connectivity index (χ0v) is 10.1. The van der Waals surface area contributed by atoms with Gasteiger partial charge in [0.1, 0.15) is 0 Å². The number of amides is 1. The van der Waals surface area contributed by atoms with Gasteiger partial charge in [0.05, 0.1) is 12.0 Å². The predicted molar refractivity (Wildman–Crippen MR) is 66.4 cm³/mol.